The van der Waals surface area contributed by atoms with Crippen molar-refractivity contribution in [3.05, 3.63) is 54.1 Å². The third kappa shape index (κ3) is 5.02. The summed E-state index contributed by atoms with van der Waals surface area (Å²) in [7, 11) is 0. The van der Waals surface area contributed by atoms with E-state index in [-0.39, 0.29) is 12.0 Å². The molecule has 0 heterocycles. The van der Waals surface area contributed by atoms with Gasteiger partial charge in [0.25, 0.3) is 5.91 Å². The van der Waals surface area contributed by atoms with Crippen LogP contribution in [0.4, 0.5) is 5.69 Å². The van der Waals surface area contributed by atoms with Crippen LogP contribution >= 0.6 is 0 Å². The Balaban J connectivity index is 2.07. The summed E-state index contributed by atoms with van der Waals surface area (Å²) in [6.07, 6.45) is 1.02. The lowest BCUT2D eigenvalue weighted by Crippen LogP contribution is -2.14. The molecular formula is C19H23NO3. The smallest absolute Gasteiger partial charge is 0.259 e. The molecule has 0 atom stereocenters. The number of anilines is 1. The van der Waals surface area contributed by atoms with E-state index in [4.69, 9.17) is 9.47 Å². The molecule has 0 aliphatic carbocycles. The zero-order chi connectivity index (χ0) is 16.7. The molecule has 0 unspecified atom stereocenters. The highest BCUT2D eigenvalue weighted by Crippen LogP contribution is 2.21. The van der Waals surface area contributed by atoms with Crippen LogP contribution in [-0.2, 0) is 0 Å². The van der Waals surface area contributed by atoms with Crippen LogP contribution in [0.15, 0.2) is 48.5 Å². The molecule has 0 bridgehead atoms. The van der Waals surface area contributed by atoms with E-state index >= 15 is 0 Å². The Bertz CT molecular complexity index is 635. The summed E-state index contributed by atoms with van der Waals surface area (Å²) in [5.41, 5.74) is 1.25. The van der Waals surface area contributed by atoms with Crippen molar-refractivity contribution >= 4 is 11.6 Å². The number of hydrogen-bond acceptors (Lipinski definition) is 3. The first kappa shape index (κ1) is 16.9. The number of rotatable bonds is 7. The molecule has 1 N–H and O–H groups in total. The molecule has 2 aromatic rings. The molecule has 0 fully saturated rings. The Hall–Kier alpha value is -2.49. The molecule has 0 aromatic heterocycles. The predicted octanol–water partition coefficient (Wildman–Crippen LogP) is 4.51. The Morgan fingerprint density at radius 1 is 1.09 bits per heavy atom. The number of amides is 1. The summed E-state index contributed by atoms with van der Waals surface area (Å²) in [6, 6.07) is 14.6. The minimum Gasteiger partial charge on any atom is -0.493 e. The number of para-hydroxylation sites is 1. The van der Waals surface area contributed by atoms with Crippen LogP contribution in [0.5, 0.6) is 11.5 Å². The average Bonchev–Trinajstić information content (AvgIpc) is 2.54. The molecule has 0 aliphatic rings. The molecule has 0 aliphatic heterocycles. The van der Waals surface area contributed by atoms with Gasteiger partial charge < -0.3 is 14.8 Å². The Morgan fingerprint density at radius 2 is 1.78 bits per heavy atom. The molecule has 2 rings (SSSR count). The van der Waals surface area contributed by atoms with E-state index in [1.807, 2.05) is 63.2 Å². The van der Waals surface area contributed by atoms with Crippen molar-refractivity contribution in [1.29, 1.82) is 0 Å². The van der Waals surface area contributed by atoms with Gasteiger partial charge in [0.2, 0.25) is 0 Å². The average molecular weight is 313 g/mol. The van der Waals surface area contributed by atoms with Gasteiger partial charge >= 0.3 is 0 Å². The minimum atomic E-state index is -0.186. The van der Waals surface area contributed by atoms with Crippen LogP contribution in [0.1, 0.15) is 37.6 Å². The van der Waals surface area contributed by atoms with Crippen molar-refractivity contribution in [2.24, 2.45) is 0 Å². The van der Waals surface area contributed by atoms with E-state index in [1.54, 1.807) is 6.07 Å². The van der Waals surface area contributed by atoms with E-state index < -0.39 is 0 Å². The molecule has 0 spiro atoms. The fourth-order valence-corrected chi connectivity index (χ4v) is 2.08. The first-order valence-electron chi connectivity index (χ1n) is 7.90. The van der Waals surface area contributed by atoms with Crippen molar-refractivity contribution in [1.82, 2.24) is 0 Å². The van der Waals surface area contributed by atoms with Gasteiger partial charge in [-0.15, -0.1) is 0 Å². The largest absolute Gasteiger partial charge is 0.493 e. The molecule has 0 saturated carbocycles. The number of nitrogens with one attached hydrogen (secondary N) is 1. The van der Waals surface area contributed by atoms with Crippen molar-refractivity contribution in [3.63, 3.8) is 0 Å². The number of ether oxygens (including phenoxy) is 2. The molecule has 0 saturated heterocycles. The van der Waals surface area contributed by atoms with Crippen LogP contribution in [0.25, 0.3) is 0 Å². The molecule has 23 heavy (non-hydrogen) atoms. The highest BCUT2D eigenvalue weighted by Gasteiger charge is 2.12. The van der Waals surface area contributed by atoms with Crippen LogP contribution in [0, 0.1) is 0 Å². The van der Waals surface area contributed by atoms with Gasteiger partial charge in [0.1, 0.15) is 11.5 Å². The number of benzene rings is 2. The maximum absolute atomic E-state index is 12.4. The SMILES string of the molecule is CCCOc1ccccc1C(=O)Nc1ccc(OC(C)C)cc1. The molecular weight excluding hydrogens is 290 g/mol. The van der Waals surface area contributed by atoms with Crippen LogP contribution in [0.2, 0.25) is 0 Å². The number of carbonyl (C=O) groups is 1. The second kappa shape index (κ2) is 8.22. The van der Waals surface area contributed by atoms with E-state index in [9.17, 15) is 4.79 Å². The molecule has 4 heteroatoms. The van der Waals surface area contributed by atoms with Crippen LogP contribution < -0.4 is 14.8 Å². The van der Waals surface area contributed by atoms with Crippen molar-refractivity contribution < 1.29 is 14.3 Å². The summed E-state index contributed by atoms with van der Waals surface area (Å²) >= 11 is 0. The standard InChI is InChI=1S/C19H23NO3/c1-4-13-22-18-8-6-5-7-17(18)19(21)20-15-9-11-16(12-10-15)23-14(2)3/h5-12,14H,4,13H2,1-3H3,(H,20,21). The second-order valence-corrected chi connectivity index (χ2v) is 5.49. The Labute approximate surface area is 137 Å². The molecule has 0 radical (unpaired) electrons. The van der Waals surface area contributed by atoms with E-state index in [2.05, 4.69) is 5.32 Å². The predicted molar refractivity (Wildman–Crippen MR) is 92.4 cm³/mol. The lowest BCUT2D eigenvalue weighted by molar-refractivity contribution is 0.102. The van der Waals surface area contributed by atoms with Crippen LogP contribution in [-0.4, -0.2) is 18.6 Å². The van der Waals surface area contributed by atoms with E-state index in [0.717, 1.165) is 17.9 Å². The zero-order valence-corrected chi connectivity index (χ0v) is 13.8. The fourth-order valence-electron chi connectivity index (χ4n) is 2.08. The summed E-state index contributed by atoms with van der Waals surface area (Å²) in [6.45, 7) is 6.57. The van der Waals surface area contributed by atoms with Gasteiger partial charge in [-0.05, 0) is 56.7 Å². The first-order chi connectivity index (χ1) is 11.1. The van der Waals surface area contributed by atoms with Crippen molar-refractivity contribution in [2.45, 2.75) is 33.3 Å². The monoisotopic (exact) mass is 313 g/mol. The van der Waals surface area contributed by atoms with E-state index in [0.29, 0.717) is 17.9 Å². The molecule has 1 amide bonds. The zero-order valence-electron chi connectivity index (χ0n) is 13.8. The van der Waals surface area contributed by atoms with Crippen molar-refractivity contribution in [3.8, 4) is 11.5 Å². The quantitative estimate of drug-likeness (QED) is 0.818. The van der Waals surface area contributed by atoms with Gasteiger partial charge in [0.15, 0.2) is 0 Å². The summed E-state index contributed by atoms with van der Waals surface area (Å²) < 4.78 is 11.2. The Kier molecular flexibility index (Phi) is 6.03. The lowest BCUT2D eigenvalue weighted by Gasteiger charge is -2.12. The van der Waals surface area contributed by atoms with Gasteiger partial charge in [-0.25, -0.2) is 0 Å². The maximum atomic E-state index is 12.4. The van der Waals surface area contributed by atoms with Gasteiger partial charge in [-0.3, -0.25) is 4.79 Å². The first-order valence-corrected chi connectivity index (χ1v) is 7.90. The molecule has 4 nitrogen and oxygen atoms in total. The third-order valence-electron chi connectivity index (χ3n) is 3.08. The second-order valence-electron chi connectivity index (χ2n) is 5.49. The van der Waals surface area contributed by atoms with Gasteiger partial charge in [-0.2, -0.15) is 0 Å². The lowest BCUT2D eigenvalue weighted by atomic mass is 10.2. The Morgan fingerprint density at radius 3 is 2.43 bits per heavy atom. The van der Waals surface area contributed by atoms with Gasteiger partial charge in [0.05, 0.1) is 18.3 Å². The topological polar surface area (TPSA) is 47.6 Å². The van der Waals surface area contributed by atoms with Crippen LogP contribution in [0.3, 0.4) is 0 Å². The summed E-state index contributed by atoms with van der Waals surface area (Å²) in [5, 5.41) is 2.88. The normalized spacial score (nSPS) is 10.4. The molecule has 122 valence electrons. The fraction of sp³-hybridized carbons (Fsp3) is 0.316. The van der Waals surface area contributed by atoms with Gasteiger partial charge in [0, 0.05) is 5.69 Å². The van der Waals surface area contributed by atoms with Gasteiger partial charge in [-0.1, -0.05) is 19.1 Å². The molecule has 2 aromatic carbocycles. The number of carbonyl (C=O) groups excluding carboxylic acids is 1. The maximum Gasteiger partial charge on any atom is 0.259 e. The summed E-state index contributed by atoms with van der Waals surface area (Å²) in [4.78, 5) is 12.4. The third-order valence-corrected chi connectivity index (χ3v) is 3.08. The van der Waals surface area contributed by atoms with Crippen molar-refractivity contribution in [2.75, 3.05) is 11.9 Å². The highest BCUT2D eigenvalue weighted by molar-refractivity contribution is 6.06. The minimum absolute atomic E-state index is 0.123. The van der Waals surface area contributed by atoms with E-state index in [1.165, 1.54) is 0 Å². The number of hydrogen-bond donors (Lipinski definition) is 1. The summed E-state index contributed by atoms with van der Waals surface area (Å²) in [5.74, 6) is 1.20. The highest BCUT2D eigenvalue weighted by atomic mass is 16.5.